The molecule has 1 saturated heterocycles. The topological polar surface area (TPSA) is 66.4 Å². The molecule has 1 amide bonds. The van der Waals surface area contributed by atoms with Crippen molar-refractivity contribution in [2.45, 2.75) is 39.2 Å². The second kappa shape index (κ2) is 5.40. The van der Waals surface area contributed by atoms with Crippen molar-refractivity contribution in [2.24, 2.45) is 5.41 Å². The lowest BCUT2D eigenvalue weighted by molar-refractivity contribution is -0.144. The van der Waals surface area contributed by atoms with Crippen LogP contribution in [0.4, 0.5) is 0 Å². The fourth-order valence-corrected chi connectivity index (χ4v) is 3.00. The van der Waals surface area contributed by atoms with E-state index in [1.807, 2.05) is 0 Å². The van der Waals surface area contributed by atoms with E-state index in [1.54, 1.807) is 32.5 Å². The van der Waals surface area contributed by atoms with Gasteiger partial charge in [0.2, 0.25) is 5.78 Å². The average molecular weight is 259 g/mol. The summed E-state index contributed by atoms with van der Waals surface area (Å²) < 4.78 is 0. The molecule has 2 N–H and O–H groups in total. The quantitative estimate of drug-likeness (QED) is 0.741. The molecular formula is C12H21NO3S. The van der Waals surface area contributed by atoms with Crippen LogP contribution in [0.5, 0.6) is 0 Å². The average Bonchev–Trinajstić information content (AvgIpc) is 2.28. The highest BCUT2D eigenvalue weighted by Crippen LogP contribution is 2.27. The summed E-state index contributed by atoms with van der Waals surface area (Å²) in [7, 11) is 0. The van der Waals surface area contributed by atoms with Crippen molar-refractivity contribution >= 4 is 23.5 Å². The number of aliphatic hydroxyl groups is 1. The molecule has 1 rings (SSSR count). The van der Waals surface area contributed by atoms with Gasteiger partial charge in [-0.2, -0.15) is 11.8 Å². The maximum atomic E-state index is 11.8. The van der Waals surface area contributed by atoms with Gasteiger partial charge in [0.1, 0.15) is 0 Å². The van der Waals surface area contributed by atoms with Gasteiger partial charge in [-0.1, -0.05) is 20.8 Å². The van der Waals surface area contributed by atoms with Gasteiger partial charge in [0.05, 0.1) is 12.1 Å². The van der Waals surface area contributed by atoms with Crippen LogP contribution in [-0.4, -0.2) is 40.4 Å². The molecule has 4 nitrogen and oxygen atoms in total. The minimum absolute atomic E-state index is 0.100. The smallest absolute Gasteiger partial charge is 0.288 e. The first-order valence-electron chi connectivity index (χ1n) is 5.86. The number of hydrogen-bond donors (Lipinski definition) is 2. The van der Waals surface area contributed by atoms with Crippen LogP contribution in [-0.2, 0) is 9.59 Å². The van der Waals surface area contributed by atoms with Crippen molar-refractivity contribution in [1.29, 1.82) is 0 Å². The molecule has 0 aromatic heterocycles. The van der Waals surface area contributed by atoms with Crippen molar-refractivity contribution in [3.8, 4) is 0 Å². The van der Waals surface area contributed by atoms with Gasteiger partial charge in [-0.3, -0.25) is 9.59 Å². The van der Waals surface area contributed by atoms with Gasteiger partial charge in [-0.15, -0.1) is 0 Å². The molecule has 1 heterocycles. The Kier molecular flexibility index (Phi) is 4.61. The predicted octanol–water partition coefficient (Wildman–Crippen LogP) is 0.976. The monoisotopic (exact) mass is 259 g/mol. The number of hydrogen-bond acceptors (Lipinski definition) is 4. The van der Waals surface area contributed by atoms with Crippen LogP contribution in [0, 0.1) is 5.41 Å². The Morgan fingerprint density at radius 2 is 1.82 bits per heavy atom. The van der Waals surface area contributed by atoms with Gasteiger partial charge >= 0.3 is 0 Å². The summed E-state index contributed by atoms with van der Waals surface area (Å²) in [5.41, 5.74) is -1.27. The van der Waals surface area contributed by atoms with E-state index < -0.39 is 22.6 Å². The molecule has 0 aromatic rings. The maximum Gasteiger partial charge on any atom is 0.288 e. The first-order valence-corrected chi connectivity index (χ1v) is 7.02. The Balaban J connectivity index is 2.68. The van der Waals surface area contributed by atoms with Crippen molar-refractivity contribution in [1.82, 2.24) is 5.32 Å². The highest BCUT2D eigenvalue weighted by Gasteiger charge is 2.37. The molecule has 0 unspecified atom stereocenters. The van der Waals surface area contributed by atoms with Crippen molar-refractivity contribution < 1.29 is 14.7 Å². The number of aliphatic hydroxyl groups excluding tert-OH is 1. The van der Waals surface area contributed by atoms with Gasteiger partial charge in [-0.25, -0.2) is 0 Å². The van der Waals surface area contributed by atoms with Crippen LogP contribution in [0.3, 0.4) is 0 Å². The minimum atomic E-state index is -0.676. The van der Waals surface area contributed by atoms with E-state index in [-0.39, 0.29) is 6.61 Å². The third kappa shape index (κ3) is 3.71. The summed E-state index contributed by atoms with van der Waals surface area (Å²) in [6.45, 7) is 5.06. The van der Waals surface area contributed by atoms with Gasteiger partial charge in [0, 0.05) is 5.41 Å². The molecule has 1 fully saturated rings. The summed E-state index contributed by atoms with van der Waals surface area (Å²) in [6.07, 6.45) is 1.44. The number of thioether (sulfide) groups is 1. The lowest BCUT2D eigenvalue weighted by Gasteiger charge is -2.36. The molecule has 0 aliphatic carbocycles. The number of ketones is 1. The van der Waals surface area contributed by atoms with E-state index in [1.165, 1.54) is 0 Å². The minimum Gasteiger partial charge on any atom is -0.394 e. The van der Waals surface area contributed by atoms with Crippen LogP contribution in [0.1, 0.15) is 33.6 Å². The lowest BCUT2D eigenvalue weighted by Crippen LogP contribution is -2.56. The van der Waals surface area contributed by atoms with Gasteiger partial charge < -0.3 is 10.4 Å². The van der Waals surface area contributed by atoms with E-state index in [4.69, 9.17) is 0 Å². The van der Waals surface area contributed by atoms with Crippen LogP contribution in [0.25, 0.3) is 0 Å². The Labute approximate surface area is 107 Å². The fourth-order valence-electron chi connectivity index (χ4n) is 1.72. The van der Waals surface area contributed by atoms with Crippen LogP contribution in [0.15, 0.2) is 0 Å². The summed E-state index contributed by atoms with van der Waals surface area (Å²) in [5.74, 6) is 0.816. The highest BCUT2D eigenvalue weighted by molar-refractivity contribution is 7.99. The third-order valence-corrected chi connectivity index (χ3v) is 4.00. The Morgan fingerprint density at radius 1 is 1.29 bits per heavy atom. The number of rotatable bonds is 3. The standard InChI is InChI=1S/C12H21NO3S/c1-11(2,3)9(15)10(16)13-12(8-14)4-6-17-7-5-12/h14H,4-8H2,1-3H3,(H,13,16). The van der Waals surface area contributed by atoms with Gasteiger partial charge in [0.25, 0.3) is 5.91 Å². The van der Waals surface area contributed by atoms with Crippen LogP contribution < -0.4 is 5.32 Å². The largest absolute Gasteiger partial charge is 0.394 e. The molecule has 5 heteroatoms. The number of amides is 1. The zero-order valence-corrected chi connectivity index (χ0v) is 11.5. The van der Waals surface area contributed by atoms with E-state index in [0.717, 1.165) is 24.3 Å². The van der Waals surface area contributed by atoms with E-state index in [9.17, 15) is 14.7 Å². The highest BCUT2D eigenvalue weighted by atomic mass is 32.2. The lowest BCUT2D eigenvalue weighted by atomic mass is 9.88. The fraction of sp³-hybridized carbons (Fsp3) is 0.833. The Morgan fingerprint density at radius 3 is 2.24 bits per heavy atom. The number of carbonyl (C=O) groups excluding carboxylic acids is 2. The molecule has 98 valence electrons. The normalized spacial score (nSPS) is 19.8. The maximum absolute atomic E-state index is 11.8. The van der Waals surface area contributed by atoms with Gasteiger partial charge in [0.15, 0.2) is 0 Å². The van der Waals surface area contributed by atoms with Crippen molar-refractivity contribution in [2.75, 3.05) is 18.1 Å². The zero-order valence-electron chi connectivity index (χ0n) is 10.7. The second-order valence-electron chi connectivity index (χ2n) is 5.58. The first-order chi connectivity index (χ1) is 7.81. The summed E-state index contributed by atoms with van der Waals surface area (Å²) in [5, 5.41) is 12.2. The molecule has 0 spiro atoms. The third-order valence-electron chi connectivity index (χ3n) is 3.02. The van der Waals surface area contributed by atoms with Crippen molar-refractivity contribution in [3.05, 3.63) is 0 Å². The predicted molar refractivity (Wildman–Crippen MR) is 69.0 cm³/mol. The van der Waals surface area contributed by atoms with Crippen LogP contribution >= 0.6 is 11.8 Å². The molecule has 0 bridgehead atoms. The molecule has 0 radical (unpaired) electrons. The summed E-state index contributed by atoms with van der Waals surface area (Å²) in [4.78, 5) is 23.6. The number of nitrogens with one attached hydrogen (secondary N) is 1. The molecule has 0 aromatic carbocycles. The van der Waals surface area contributed by atoms with E-state index in [0.29, 0.717) is 0 Å². The molecular weight excluding hydrogens is 238 g/mol. The second-order valence-corrected chi connectivity index (χ2v) is 6.81. The molecule has 0 atom stereocenters. The Hall–Kier alpha value is -0.550. The zero-order chi connectivity index (χ0) is 13.1. The molecule has 17 heavy (non-hydrogen) atoms. The van der Waals surface area contributed by atoms with Crippen LogP contribution in [0.2, 0.25) is 0 Å². The Bertz CT molecular complexity index is 303. The number of carbonyl (C=O) groups is 2. The number of Topliss-reactive ketones (excluding diaryl/α,β-unsaturated/α-hetero) is 1. The molecule has 1 aliphatic heterocycles. The summed E-state index contributed by atoms with van der Waals surface area (Å²) in [6, 6.07) is 0. The SMILES string of the molecule is CC(C)(C)C(=O)C(=O)NC1(CO)CCSCC1. The molecule has 0 saturated carbocycles. The van der Waals surface area contributed by atoms with E-state index >= 15 is 0 Å². The van der Waals surface area contributed by atoms with E-state index in [2.05, 4.69) is 5.32 Å². The van der Waals surface area contributed by atoms with Crippen molar-refractivity contribution in [3.63, 3.8) is 0 Å². The molecule has 1 aliphatic rings. The van der Waals surface area contributed by atoms with Gasteiger partial charge in [-0.05, 0) is 24.3 Å². The summed E-state index contributed by atoms with van der Waals surface area (Å²) >= 11 is 1.81. The first kappa shape index (κ1) is 14.5.